The summed E-state index contributed by atoms with van der Waals surface area (Å²) in [5.41, 5.74) is 0. The number of amides is 1. The van der Waals surface area contributed by atoms with Gasteiger partial charge in [-0.1, -0.05) is 26.7 Å². The second-order valence-corrected chi connectivity index (χ2v) is 6.36. The number of carboxylic acids is 1. The van der Waals surface area contributed by atoms with Gasteiger partial charge in [0.05, 0.1) is 11.8 Å². The molecule has 1 rings (SSSR count). The van der Waals surface area contributed by atoms with E-state index in [0.717, 1.165) is 12.8 Å². The molecule has 0 saturated heterocycles. The van der Waals surface area contributed by atoms with Gasteiger partial charge in [0.2, 0.25) is 5.91 Å². The van der Waals surface area contributed by atoms with Crippen molar-refractivity contribution in [3.05, 3.63) is 0 Å². The first-order valence-electron chi connectivity index (χ1n) is 7.51. The minimum atomic E-state index is -0.835. The van der Waals surface area contributed by atoms with Crippen molar-refractivity contribution in [1.29, 1.82) is 0 Å². The predicted molar refractivity (Wildman–Crippen MR) is 78.4 cm³/mol. The minimum Gasteiger partial charge on any atom is -0.481 e. The van der Waals surface area contributed by atoms with Gasteiger partial charge in [-0.15, -0.1) is 0 Å². The van der Waals surface area contributed by atoms with Crippen LogP contribution in [0.15, 0.2) is 0 Å². The Labute approximate surface area is 121 Å². The van der Waals surface area contributed by atoms with E-state index >= 15 is 0 Å². The lowest BCUT2D eigenvalue weighted by molar-refractivity contribution is -0.149. The quantitative estimate of drug-likeness (QED) is 0.777. The lowest BCUT2D eigenvalue weighted by Gasteiger charge is -2.31. The second-order valence-electron chi connectivity index (χ2n) is 6.36. The zero-order chi connectivity index (χ0) is 15.3. The molecule has 1 fully saturated rings. The molecule has 0 bridgehead atoms. The summed E-state index contributed by atoms with van der Waals surface area (Å²) in [5, 5.41) is 12.2. The Hall–Kier alpha value is -1.10. The lowest BCUT2D eigenvalue weighted by atomic mass is 9.78. The van der Waals surface area contributed by atoms with Crippen molar-refractivity contribution in [2.75, 3.05) is 20.6 Å². The number of aliphatic carboxylic acids is 1. The summed E-state index contributed by atoms with van der Waals surface area (Å²) >= 11 is 0. The molecule has 3 atom stereocenters. The van der Waals surface area contributed by atoms with E-state index in [1.165, 1.54) is 0 Å². The molecule has 20 heavy (non-hydrogen) atoms. The Bertz CT molecular complexity index is 334. The number of rotatable bonds is 6. The molecule has 0 spiro atoms. The summed E-state index contributed by atoms with van der Waals surface area (Å²) in [6.45, 7) is 4.82. The Morgan fingerprint density at radius 2 is 1.75 bits per heavy atom. The molecule has 0 aromatic carbocycles. The normalized spacial score (nSPS) is 24.7. The summed E-state index contributed by atoms with van der Waals surface area (Å²) in [4.78, 5) is 25.6. The first-order valence-corrected chi connectivity index (χ1v) is 7.51. The maximum Gasteiger partial charge on any atom is 0.307 e. The van der Waals surface area contributed by atoms with Crippen molar-refractivity contribution >= 4 is 11.9 Å². The molecule has 0 aromatic rings. The lowest BCUT2D eigenvalue weighted by Crippen LogP contribution is -2.47. The van der Waals surface area contributed by atoms with Gasteiger partial charge in [0, 0.05) is 12.6 Å². The van der Waals surface area contributed by atoms with Crippen molar-refractivity contribution in [2.45, 2.75) is 45.6 Å². The third kappa shape index (κ3) is 4.47. The van der Waals surface area contributed by atoms with Gasteiger partial charge < -0.3 is 15.3 Å². The molecular formula is C15H28N2O3. The molecule has 1 aliphatic rings. The Kier molecular flexibility index (Phi) is 6.46. The monoisotopic (exact) mass is 284 g/mol. The van der Waals surface area contributed by atoms with E-state index in [1.807, 2.05) is 14.1 Å². The first-order chi connectivity index (χ1) is 9.34. The minimum absolute atomic E-state index is 0.0930. The van der Waals surface area contributed by atoms with Crippen molar-refractivity contribution < 1.29 is 14.7 Å². The first kappa shape index (κ1) is 17.0. The molecule has 0 aliphatic heterocycles. The van der Waals surface area contributed by atoms with Crippen molar-refractivity contribution in [1.82, 2.24) is 10.2 Å². The van der Waals surface area contributed by atoms with Gasteiger partial charge in [-0.3, -0.25) is 9.59 Å². The van der Waals surface area contributed by atoms with E-state index < -0.39 is 11.9 Å². The zero-order valence-corrected chi connectivity index (χ0v) is 13.1. The predicted octanol–water partition coefficient (Wildman–Crippen LogP) is 1.58. The van der Waals surface area contributed by atoms with Crippen LogP contribution in [0.3, 0.4) is 0 Å². The zero-order valence-electron chi connectivity index (χ0n) is 13.1. The fourth-order valence-corrected chi connectivity index (χ4v) is 3.09. The third-order valence-electron chi connectivity index (χ3n) is 4.34. The molecule has 2 N–H and O–H groups in total. The number of nitrogens with zero attached hydrogens (tertiary/aromatic N) is 1. The third-order valence-corrected chi connectivity index (χ3v) is 4.34. The van der Waals surface area contributed by atoms with Gasteiger partial charge in [0.1, 0.15) is 0 Å². The van der Waals surface area contributed by atoms with E-state index in [1.54, 1.807) is 0 Å². The van der Waals surface area contributed by atoms with Gasteiger partial charge in [-0.25, -0.2) is 0 Å². The standard InChI is InChI=1S/C15H28N2O3/c1-10(2)13(17(3)4)9-16-14(18)11-7-5-6-8-12(11)15(19)20/h10-13H,5-9H2,1-4H3,(H,16,18)(H,19,20). The van der Waals surface area contributed by atoms with Crippen LogP contribution in [0.5, 0.6) is 0 Å². The van der Waals surface area contributed by atoms with Crippen LogP contribution < -0.4 is 5.32 Å². The molecule has 1 amide bonds. The van der Waals surface area contributed by atoms with Gasteiger partial charge in [0.25, 0.3) is 0 Å². The van der Waals surface area contributed by atoms with E-state index in [4.69, 9.17) is 0 Å². The van der Waals surface area contributed by atoms with Crippen LogP contribution in [0.2, 0.25) is 0 Å². The highest BCUT2D eigenvalue weighted by Crippen LogP contribution is 2.30. The number of likely N-dealkylation sites (N-methyl/N-ethyl adjacent to an activating group) is 1. The number of hydrogen-bond donors (Lipinski definition) is 2. The topological polar surface area (TPSA) is 69.6 Å². The largest absolute Gasteiger partial charge is 0.481 e. The maximum atomic E-state index is 12.3. The van der Waals surface area contributed by atoms with E-state index in [-0.39, 0.29) is 17.9 Å². The van der Waals surface area contributed by atoms with E-state index in [2.05, 4.69) is 24.1 Å². The molecule has 5 heteroatoms. The highest BCUT2D eigenvalue weighted by molar-refractivity contribution is 5.84. The van der Waals surface area contributed by atoms with E-state index in [0.29, 0.717) is 25.3 Å². The Balaban J connectivity index is 2.58. The highest BCUT2D eigenvalue weighted by Gasteiger charge is 2.35. The van der Waals surface area contributed by atoms with Crippen LogP contribution in [0, 0.1) is 17.8 Å². The van der Waals surface area contributed by atoms with Crippen LogP contribution in [-0.4, -0.2) is 48.6 Å². The number of carbonyl (C=O) groups excluding carboxylic acids is 1. The average molecular weight is 284 g/mol. The number of nitrogens with one attached hydrogen (secondary N) is 1. The molecule has 5 nitrogen and oxygen atoms in total. The van der Waals surface area contributed by atoms with E-state index in [9.17, 15) is 14.7 Å². The highest BCUT2D eigenvalue weighted by atomic mass is 16.4. The van der Waals surface area contributed by atoms with Crippen LogP contribution in [0.25, 0.3) is 0 Å². The summed E-state index contributed by atoms with van der Waals surface area (Å²) < 4.78 is 0. The Morgan fingerprint density at radius 1 is 1.20 bits per heavy atom. The van der Waals surface area contributed by atoms with Gasteiger partial charge >= 0.3 is 5.97 Å². The molecule has 3 unspecified atom stereocenters. The molecule has 116 valence electrons. The van der Waals surface area contributed by atoms with Crippen molar-refractivity contribution in [3.8, 4) is 0 Å². The van der Waals surface area contributed by atoms with Gasteiger partial charge in [0.15, 0.2) is 0 Å². The molecule has 0 radical (unpaired) electrons. The number of carboxylic acid groups (broad SMARTS) is 1. The number of hydrogen-bond acceptors (Lipinski definition) is 3. The van der Waals surface area contributed by atoms with Crippen LogP contribution in [-0.2, 0) is 9.59 Å². The fraction of sp³-hybridized carbons (Fsp3) is 0.867. The molecular weight excluding hydrogens is 256 g/mol. The smallest absolute Gasteiger partial charge is 0.307 e. The fourth-order valence-electron chi connectivity index (χ4n) is 3.09. The van der Waals surface area contributed by atoms with Gasteiger partial charge in [-0.2, -0.15) is 0 Å². The second kappa shape index (κ2) is 7.62. The SMILES string of the molecule is CC(C)C(CNC(=O)C1CCCCC1C(=O)O)N(C)C. The Morgan fingerprint density at radius 3 is 2.20 bits per heavy atom. The summed E-state index contributed by atoms with van der Waals surface area (Å²) in [6.07, 6.45) is 3.17. The van der Waals surface area contributed by atoms with Crippen molar-refractivity contribution in [2.24, 2.45) is 17.8 Å². The summed E-state index contributed by atoms with van der Waals surface area (Å²) in [5.74, 6) is -1.37. The molecule has 0 heterocycles. The average Bonchev–Trinajstić information content (AvgIpc) is 2.37. The maximum absolute atomic E-state index is 12.3. The molecule has 0 aromatic heterocycles. The van der Waals surface area contributed by atoms with Gasteiger partial charge in [-0.05, 0) is 32.9 Å². The van der Waals surface area contributed by atoms with Crippen LogP contribution in [0.1, 0.15) is 39.5 Å². The van der Waals surface area contributed by atoms with Crippen LogP contribution in [0.4, 0.5) is 0 Å². The summed E-state index contributed by atoms with van der Waals surface area (Å²) in [7, 11) is 4.00. The van der Waals surface area contributed by atoms with Crippen LogP contribution >= 0.6 is 0 Å². The molecule has 1 saturated carbocycles. The van der Waals surface area contributed by atoms with Crippen molar-refractivity contribution in [3.63, 3.8) is 0 Å². The molecule has 1 aliphatic carbocycles. The number of carbonyl (C=O) groups is 2. The summed E-state index contributed by atoms with van der Waals surface area (Å²) in [6, 6.07) is 0.269.